The number of aryl methyl sites for hydroxylation is 1. The summed E-state index contributed by atoms with van der Waals surface area (Å²) in [5, 5.41) is 0. The molecule has 1 aromatic rings. The first kappa shape index (κ1) is 15.3. The van der Waals surface area contributed by atoms with Gasteiger partial charge >= 0.3 is 0 Å². The van der Waals surface area contributed by atoms with Crippen molar-refractivity contribution in [1.29, 1.82) is 0 Å². The number of anilines is 1. The Morgan fingerprint density at radius 3 is 2.55 bits per heavy atom. The third kappa shape index (κ3) is 3.43. The molecule has 2 aliphatic heterocycles. The minimum Gasteiger partial charge on any atom is -0.369 e. The molecule has 2 heterocycles. The van der Waals surface area contributed by atoms with Crippen molar-refractivity contribution in [3.63, 3.8) is 0 Å². The Hall–Kier alpha value is -1.55. The van der Waals surface area contributed by atoms with Gasteiger partial charge in [0.25, 0.3) is 0 Å². The topological polar surface area (TPSA) is 26.8 Å². The zero-order valence-corrected chi connectivity index (χ0v) is 13.8. The van der Waals surface area contributed by atoms with Crippen molar-refractivity contribution in [2.75, 3.05) is 51.2 Å². The third-order valence-corrected chi connectivity index (χ3v) is 5.07. The number of carbonyl (C=O) groups excluding carboxylic acids is 1. The number of piperidine rings is 1. The highest BCUT2D eigenvalue weighted by atomic mass is 16.2. The van der Waals surface area contributed by atoms with Crippen LogP contribution in [0.2, 0.25) is 0 Å². The van der Waals surface area contributed by atoms with Gasteiger partial charge in [0.05, 0.1) is 0 Å². The van der Waals surface area contributed by atoms with Crippen LogP contribution in [0.4, 0.5) is 5.69 Å². The van der Waals surface area contributed by atoms with Crippen LogP contribution in [0.15, 0.2) is 24.3 Å². The molecule has 0 saturated carbocycles. The first-order valence-electron chi connectivity index (χ1n) is 8.40. The minimum atomic E-state index is 0.306. The summed E-state index contributed by atoms with van der Waals surface area (Å²) in [6.07, 6.45) is 1.78. The number of carbonyl (C=O) groups is 1. The molecule has 22 heavy (non-hydrogen) atoms. The number of benzene rings is 1. The van der Waals surface area contributed by atoms with E-state index in [1.165, 1.54) is 11.3 Å². The Balaban J connectivity index is 1.50. The van der Waals surface area contributed by atoms with E-state index in [0.29, 0.717) is 11.8 Å². The van der Waals surface area contributed by atoms with Crippen LogP contribution >= 0.6 is 0 Å². The summed E-state index contributed by atoms with van der Waals surface area (Å²) >= 11 is 0. The molecule has 0 N–H and O–H groups in total. The van der Waals surface area contributed by atoms with Crippen LogP contribution in [0.25, 0.3) is 0 Å². The van der Waals surface area contributed by atoms with E-state index >= 15 is 0 Å². The van der Waals surface area contributed by atoms with E-state index in [1.807, 2.05) is 11.9 Å². The van der Waals surface area contributed by atoms with E-state index in [9.17, 15) is 4.79 Å². The van der Waals surface area contributed by atoms with Crippen molar-refractivity contribution in [2.45, 2.75) is 19.8 Å². The van der Waals surface area contributed by atoms with Crippen molar-refractivity contribution in [3.05, 3.63) is 29.8 Å². The predicted octanol–water partition coefficient (Wildman–Crippen LogP) is 1.99. The van der Waals surface area contributed by atoms with Gasteiger partial charge in [-0.25, -0.2) is 0 Å². The van der Waals surface area contributed by atoms with Crippen molar-refractivity contribution >= 4 is 11.6 Å². The molecule has 120 valence electrons. The molecule has 4 heteroatoms. The standard InChI is InChI=1S/C18H27N3O/c1-15-5-3-4-6-17(15)21-11-9-20(10-12-21)14-16-7-8-18(22)19(2)13-16/h3-6,16H,7-14H2,1-2H3. The summed E-state index contributed by atoms with van der Waals surface area (Å²) in [6.45, 7) is 8.72. The third-order valence-electron chi connectivity index (χ3n) is 5.07. The smallest absolute Gasteiger partial charge is 0.222 e. The number of hydrogen-bond donors (Lipinski definition) is 0. The monoisotopic (exact) mass is 301 g/mol. The van der Waals surface area contributed by atoms with Gasteiger partial charge in [0.15, 0.2) is 0 Å². The van der Waals surface area contributed by atoms with Gasteiger partial charge in [0, 0.05) is 58.4 Å². The molecule has 1 unspecified atom stereocenters. The quantitative estimate of drug-likeness (QED) is 0.854. The Kier molecular flexibility index (Phi) is 4.67. The van der Waals surface area contributed by atoms with Crippen LogP contribution in [0, 0.1) is 12.8 Å². The Morgan fingerprint density at radius 2 is 1.86 bits per heavy atom. The van der Waals surface area contributed by atoms with Gasteiger partial charge in [0.2, 0.25) is 5.91 Å². The number of hydrogen-bond acceptors (Lipinski definition) is 3. The fourth-order valence-electron chi connectivity index (χ4n) is 3.70. The first-order chi connectivity index (χ1) is 10.6. The number of likely N-dealkylation sites (tertiary alicyclic amines) is 1. The maximum Gasteiger partial charge on any atom is 0.222 e. The molecular formula is C18H27N3O. The van der Waals surface area contributed by atoms with E-state index in [-0.39, 0.29) is 0 Å². The lowest BCUT2D eigenvalue weighted by molar-refractivity contribution is -0.133. The van der Waals surface area contributed by atoms with Crippen LogP contribution in [0.1, 0.15) is 18.4 Å². The highest BCUT2D eigenvalue weighted by Crippen LogP contribution is 2.22. The Bertz CT molecular complexity index is 523. The van der Waals surface area contributed by atoms with Crippen molar-refractivity contribution in [1.82, 2.24) is 9.80 Å². The van der Waals surface area contributed by atoms with Gasteiger partial charge in [-0.05, 0) is 30.9 Å². The summed E-state index contributed by atoms with van der Waals surface area (Å²) in [4.78, 5) is 18.5. The summed E-state index contributed by atoms with van der Waals surface area (Å²) < 4.78 is 0. The zero-order valence-electron chi connectivity index (χ0n) is 13.8. The molecular weight excluding hydrogens is 274 g/mol. The van der Waals surface area contributed by atoms with Crippen LogP contribution in [0.5, 0.6) is 0 Å². The first-order valence-corrected chi connectivity index (χ1v) is 8.40. The maximum atomic E-state index is 11.6. The second-order valence-electron chi connectivity index (χ2n) is 6.75. The van der Waals surface area contributed by atoms with Crippen LogP contribution in [-0.2, 0) is 4.79 Å². The average Bonchev–Trinajstić information content (AvgIpc) is 2.52. The molecule has 0 spiro atoms. The van der Waals surface area contributed by atoms with Gasteiger partial charge in [-0.2, -0.15) is 0 Å². The van der Waals surface area contributed by atoms with E-state index < -0.39 is 0 Å². The van der Waals surface area contributed by atoms with Gasteiger partial charge in [-0.1, -0.05) is 18.2 Å². The van der Waals surface area contributed by atoms with Gasteiger partial charge in [-0.15, -0.1) is 0 Å². The van der Waals surface area contributed by atoms with Crippen molar-refractivity contribution < 1.29 is 4.79 Å². The number of rotatable bonds is 3. The lowest BCUT2D eigenvalue weighted by atomic mass is 9.97. The Labute approximate surface area is 133 Å². The summed E-state index contributed by atoms with van der Waals surface area (Å²) in [5.41, 5.74) is 2.74. The largest absolute Gasteiger partial charge is 0.369 e. The molecule has 4 nitrogen and oxygen atoms in total. The lowest BCUT2D eigenvalue weighted by Crippen LogP contribution is -2.50. The molecule has 2 saturated heterocycles. The van der Waals surface area contributed by atoms with Crippen LogP contribution < -0.4 is 4.90 Å². The fourth-order valence-corrected chi connectivity index (χ4v) is 3.70. The number of piperazine rings is 1. The molecule has 3 rings (SSSR count). The molecule has 0 bridgehead atoms. The average molecular weight is 301 g/mol. The normalized spacial score (nSPS) is 23.9. The zero-order chi connectivity index (χ0) is 15.5. The van der Waals surface area contributed by atoms with E-state index in [0.717, 1.165) is 52.1 Å². The molecule has 2 fully saturated rings. The predicted molar refractivity (Wildman–Crippen MR) is 90.2 cm³/mol. The van der Waals surface area contributed by atoms with Gasteiger partial charge in [0.1, 0.15) is 0 Å². The van der Waals surface area contributed by atoms with E-state index in [2.05, 4.69) is 41.0 Å². The summed E-state index contributed by atoms with van der Waals surface area (Å²) in [5.74, 6) is 0.952. The number of para-hydroxylation sites is 1. The SMILES string of the molecule is Cc1ccccc1N1CCN(CC2CCC(=O)N(C)C2)CC1. The lowest BCUT2D eigenvalue weighted by Gasteiger charge is -2.39. The second-order valence-corrected chi connectivity index (χ2v) is 6.75. The highest BCUT2D eigenvalue weighted by molar-refractivity contribution is 5.76. The molecule has 2 aliphatic rings. The van der Waals surface area contributed by atoms with Crippen molar-refractivity contribution in [3.8, 4) is 0 Å². The molecule has 1 aromatic carbocycles. The molecule has 0 radical (unpaired) electrons. The van der Waals surface area contributed by atoms with Gasteiger partial charge < -0.3 is 9.80 Å². The second kappa shape index (κ2) is 6.69. The van der Waals surface area contributed by atoms with Crippen LogP contribution in [0.3, 0.4) is 0 Å². The number of nitrogens with zero attached hydrogens (tertiary/aromatic N) is 3. The molecule has 0 aliphatic carbocycles. The molecule has 1 amide bonds. The molecule has 1 atom stereocenters. The van der Waals surface area contributed by atoms with Gasteiger partial charge in [-0.3, -0.25) is 9.69 Å². The Morgan fingerprint density at radius 1 is 1.14 bits per heavy atom. The summed E-state index contributed by atoms with van der Waals surface area (Å²) in [7, 11) is 1.94. The fraction of sp³-hybridized carbons (Fsp3) is 0.611. The maximum absolute atomic E-state index is 11.6. The minimum absolute atomic E-state index is 0.306. The number of amides is 1. The van der Waals surface area contributed by atoms with Crippen LogP contribution in [-0.4, -0.2) is 62.0 Å². The molecule has 0 aromatic heterocycles. The van der Waals surface area contributed by atoms with E-state index in [4.69, 9.17) is 0 Å². The van der Waals surface area contributed by atoms with Crippen molar-refractivity contribution in [2.24, 2.45) is 5.92 Å². The van der Waals surface area contributed by atoms with E-state index in [1.54, 1.807) is 0 Å². The highest BCUT2D eigenvalue weighted by Gasteiger charge is 2.26. The summed E-state index contributed by atoms with van der Waals surface area (Å²) in [6, 6.07) is 8.66.